The van der Waals surface area contributed by atoms with Gasteiger partial charge in [0.2, 0.25) is 5.91 Å². The van der Waals surface area contributed by atoms with Crippen molar-refractivity contribution in [2.45, 2.75) is 44.4 Å². The van der Waals surface area contributed by atoms with Crippen LogP contribution in [0.2, 0.25) is 0 Å². The third kappa shape index (κ3) is 4.62. The molecule has 2 aromatic carbocycles. The molecule has 1 unspecified atom stereocenters. The first-order valence-corrected chi connectivity index (χ1v) is 10.5. The van der Waals surface area contributed by atoms with Crippen molar-refractivity contribution in [2.24, 2.45) is 0 Å². The summed E-state index contributed by atoms with van der Waals surface area (Å²) in [5.41, 5.74) is 2.33. The second-order valence-corrected chi connectivity index (χ2v) is 7.88. The van der Waals surface area contributed by atoms with Crippen LogP contribution in [0.3, 0.4) is 0 Å². The Morgan fingerprint density at radius 1 is 0.893 bits per heavy atom. The first-order chi connectivity index (χ1) is 13.8. The van der Waals surface area contributed by atoms with Gasteiger partial charge >= 0.3 is 0 Å². The lowest BCUT2D eigenvalue weighted by atomic mass is 9.99. The molecule has 0 N–H and O–H groups in total. The van der Waals surface area contributed by atoms with Gasteiger partial charge in [-0.25, -0.2) is 0 Å². The summed E-state index contributed by atoms with van der Waals surface area (Å²) < 4.78 is 6.14. The summed E-state index contributed by atoms with van der Waals surface area (Å²) in [4.78, 5) is 17.7. The molecule has 0 aromatic heterocycles. The Labute approximate surface area is 168 Å². The molecule has 2 aromatic rings. The quantitative estimate of drug-likeness (QED) is 0.761. The number of hydrogen-bond donors (Lipinski definition) is 0. The van der Waals surface area contributed by atoms with Gasteiger partial charge in [-0.2, -0.15) is 0 Å². The van der Waals surface area contributed by atoms with Crippen molar-refractivity contribution in [3.8, 4) is 0 Å². The zero-order valence-electron chi connectivity index (χ0n) is 16.5. The Morgan fingerprint density at radius 3 is 2.14 bits per heavy atom. The van der Waals surface area contributed by atoms with E-state index in [2.05, 4.69) is 46.2 Å². The maximum Gasteiger partial charge on any atom is 0.244 e. The minimum atomic E-state index is -0.158. The molecule has 148 valence electrons. The average Bonchev–Trinajstić information content (AvgIpc) is 3.30. The van der Waals surface area contributed by atoms with Crippen LogP contribution in [0.25, 0.3) is 0 Å². The predicted octanol–water partition coefficient (Wildman–Crippen LogP) is 4.03. The minimum Gasteiger partial charge on any atom is -0.373 e. The van der Waals surface area contributed by atoms with Crippen LogP contribution in [0.1, 0.15) is 42.9 Å². The zero-order chi connectivity index (χ0) is 19.2. The molecule has 0 bridgehead atoms. The number of rotatable bonds is 6. The van der Waals surface area contributed by atoms with Crippen molar-refractivity contribution in [2.75, 3.05) is 26.2 Å². The van der Waals surface area contributed by atoms with Crippen molar-refractivity contribution in [1.82, 2.24) is 9.80 Å². The van der Waals surface area contributed by atoms with E-state index in [-0.39, 0.29) is 18.1 Å². The van der Waals surface area contributed by atoms with Gasteiger partial charge in [-0.3, -0.25) is 9.69 Å². The second-order valence-electron chi connectivity index (χ2n) is 7.88. The molecule has 4 heteroatoms. The fraction of sp³-hybridized carbons (Fsp3) is 0.458. The molecule has 4 rings (SSSR count). The molecule has 2 fully saturated rings. The van der Waals surface area contributed by atoms with Gasteiger partial charge in [0.25, 0.3) is 0 Å². The summed E-state index contributed by atoms with van der Waals surface area (Å²) in [5.74, 6) is 0.271. The topological polar surface area (TPSA) is 32.8 Å². The fourth-order valence-corrected chi connectivity index (χ4v) is 4.34. The molecule has 2 aliphatic rings. The summed E-state index contributed by atoms with van der Waals surface area (Å²) in [6.07, 6.45) is 4.48. The Bertz CT molecular complexity index is 736. The monoisotopic (exact) mass is 378 g/mol. The van der Waals surface area contributed by atoms with E-state index in [9.17, 15) is 4.79 Å². The molecular weight excluding hydrogens is 348 g/mol. The van der Waals surface area contributed by atoms with Gasteiger partial charge in [-0.15, -0.1) is 0 Å². The highest BCUT2D eigenvalue weighted by molar-refractivity contribution is 5.83. The second kappa shape index (κ2) is 9.35. The number of benzene rings is 2. The summed E-state index contributed by atoms with van der Waals surface area (Å²) in [5, 5.41) is 0. The lowest BCUT2D eigenvalue weighted by Gasteiger charge is -2.38. The van der Waals surface area contributed by atoms with Gasteiger partial charge in [0.15, 0.2) is 0 Å². The number of amides is 1. The van der Waals surface area contributed by atoms with Crippen LogP contribution >= 0.6 is 0 Å². The number of carbonyl (C=O) groups is 1. The Balaban J connectivity index is 1.38. The minimum absolute atomic E-state index is 0.158. The summed E-state index contributed by atoms with van der Waals surface area (Å²) in [7, 11) is 0. The van der Waals surface area contributed by atoms with Gasteiger partial charge in [0.1, 0.15) is 6.04 Å². The molecule has 2 heterocycles. The molecular formula is C24H30N2O2. The van der Waals surface area contributed by atoms with Gasteiger partial charge in [0, 0.05) is 26.2 Å². The number of nitrogens with zero attached hydrogens (tertiary/aromatic N) is 2. The SMILES string of the molecule is O=C(C(c1ccccc1)N1CCC(OCc2ccccc2)CC1)N1CCCC1. The van der Waals surface area contributed by atoms with E-state index >= 15 is 0 Å². The van der Waals surface area contributed by atoms with Crippen LogP contribution in [-0.4, -0.2) is 48.0 Å². The van der Waals surface area contributed by atoms with Crippen LogP contribution in [0.15, 0.2) is 60.7 Å². The molecule has 2 saturated heterocycles. The largest absolute Gasteiger partial charge is 0.373 e. The van der Waals surface area contributed by atoms with E-state index in [1.165, 1.54) is 5.56 Å². The molecule has 0 radical (unpaired) electrons. The van der Waals surface area contributed by atoms with Gasteiger partial charge in [-0.05, 0) is 36.8 Å². The molecule has 1 amide bonds. The highest BCUT2D eigenvalue weighted by atomic mass is 16.5. The van der Waals surface area contributed by atoms with E-state index in [1.54, 1.807) is 0 Å². The molecule has 0 saturated carbocycles. The number of carbonyl (C=O) groups excluding carboxylic acids is 1. The van der Waals surface area contributed by atoms with Crippen LogP contribution < -0.4 is 0 Å². The van der Waals surface area contributed by atoms with Gasteiger partial charge < -0.3 is 9.64 Å². The average molecular weight is 379 g/mol. The molecule has 0 aliphatic carbocycles. The Kier molecular flexibility index (Phi) is 6.40. The Hall–Kier alpha value is -2.17. The molecule has 4 nitrogen and oxygen atoms in total. The molecule has 28 heavy (non-hydrogen) atoms. The van der Waals surface area contributed by atoms with Crippen molar-refractivity contribution >= 4 is 5.91 Å². The van der Waals surface area contributed by atoms with Crippen LogP contribution in [0.4, 0.5) is 0 Å². The van der Waals surface area contributed by atoms with E-state index in [0.717, 1.165) is 57.4 Å². The maximum atomic E-state index is 13.3. The van der Waals surface area contributed by atoms with Gasteiger partial charge in [-0.1, -0.05) is 60.7 Å². The van der Waals surface area contributed by atoms with Crippen LogP contribution in [0.5, 0.6) is 0 Å². The third-order valence-corrected chi connectivity index (χ3v) is 5.94. The normalized spacial score (nSPS) is 19.6. The lowest BCUT2D eigenvalue weighted by molar-refractivity contribution is -0.137. The third-order valence-electron chi connectivity index (χ3n) is 5.94. The predicted molar refractivity (Wildman–Crippen MR) is 111 cm³/mol. The van der Waals surface area contributed by atoms with Crippen molar-refractivity contribution in [3.05, 3.63) is 71.8 Å². The van der Waals surface area contributed by atoms with E-state index in [0.29, 0.717) is 6.61 Å². The molecule has 2 aliphatic heterocycles. The number of ether oxygens (including phenoxy) is 1. The summed E-state index contributed by atoms with van der Waals surface area (Å²) in [6.45, 7) is 4.27. The van der Waals surface area contributed by atoms with Crippen LogP contribution in [0, 0.1) is 0 Å². The van der Waals surface area contributed by atoms with E-state index in [4.69, 9.17) is 4.74 Å². The molecule has 1 atom stereocenters. The van der Waals surface area contributed by atoms with Crippen molar-refractivity contribution < 1.29 is 9.53 Å². The van der Waals surface area contributed by atoms with Gasteiger partial charge in [0.05, 0.1) is 12.7 Å². The summed E-state index contributed by atoms with van der Waals surface area (Å²) >= 11 is 0. The van der Waals surface area contributed by atoms with E-state index in [1.807, 2.05) is 24.3 Å². The van der Waals surface area contributed by atoms with Crippen molar-refractivity contribution in [3.63, 3.8) is 0 Å². The Morgan fingerprint density at radius 2 is 1.50 bits per heavy atom. The first-order valence-electron chi connectivity index (χ1n) is 10.5. The summed E-state index contributed by atoms with van der Waals surface area (Å²) in [6, 6.07) is 20.5. The fourth-order valence-electron chi connectivity index (χ4n) is 4.34. The number of likely N-dealkylation sites (tertiary alicyclic amines) is 2. The zero-order valence-corrected chi connectivity index (χ0v) is 16.5. The van der Waals surface area contributed by atoms with Crippen LogP contribution in [-0.2, 0) is 16.1 Å². The molecule has 0 spiro atoms. The lowest BCUT2D eigenvalue weighted by Crippen LogP contribution is -2.46. The highest BCUT2D eigenvalue weighted by Gasteiger charge is 2.34. The number of piperidine rings is 1. The van der Waals surface area contributed by atoms with E-state index < -0.39 is 0 Å². The smallest absolute Gasteiger partial charge is 0.244 e. The first kappa shape index (κ1) is 19.2. The highest BCUT2D eigenvalue weighted by Crippen LogP contribution is 2.29. The van der Waals surface area contributed by atoms with Crippen molar-refractivity contribution in [1.29, 1.82) is 0 Å². The maximum absolute atomic E-state index is 13.3. The standard InChI is InChI=1S/C24H30N2O2/c27-24(26-15-7-8-16-26)23(21-11-5-2-6-12-21)25-17-13-22(14-18-25)28-19-20-9-3-1-4-10-20/h1-6,9-12,22-23H,7-8,13-19H2. The number of hydrogen-bond acceptors (Lipinski definition) is 3.